The van der Waals surface area contributed by atoms with Crippen LogP contribution < -0.4 is 0 Å². The molecular weight excluding hydrogens is 454 g/mol. The van der Waals surface area contributed by atoms with E-state index in [4.69, 9.17) is 4.74 Å². The van der Waals surface area contributed by atoms with E-state index in [1.54, 1.807) is 11.3 Å². The molecule has 1 saturated heterocycles. The maximum atomic E-state index is 13.3. The number of nitrogens with zero attached hydrogens (tertiary/aromatic N) is 1. The summed E-state index contributed by atoms with van der Waals surface area (Å²) in [7, 11) is 0. The summed E-state index contributed by atoms with van der Waals surface area (Å²) in [6, 6.07) is 3.97. The third-order valence-corrected chi connectivity index (χ3v) is 8.57. The SMILES string of the molecule is Cc1nc(CCC2(C(C)C)CC(=O)C(Sc3cc(C)c(CO)cc3C(C)(C)C)C(=O)O2)cs1. The highest BCUT2D eigenvalue weighted by atomic mass is 32.2. The van der Waals surface area contributed by atoms with Gasteiger partial charge in [-0.25, -0.2) is 4.98 Å². The first-order valence-corrected chi connectivity index (χ1v) is 13.2. The van der Waals surface area contributed by atoms with Crippen molar-refractivity contribution in [3.8, 4) is 0 Å². The number of hydrogen-bond acceptors (Lipinski definition) is 7. The van der Waals surface area contributed by atoms with Crippen molar-refractivity contribution < 1.29 is 19.4 Å². The van der Waals surface area contributed by atoms with Crippen LogP contribution in [0.1, 0.15) is 74.9 Å². The Labute approximate surface area is 205 Å². The predicted octanol–water partition coefficient (Wildman–Crippen LogP) is 5.55. The Kier molecular flexibility index (Phi) is 7.76. The van der Waals surface area contributed by atoms with E-state index in [-0.39, 0.29) is 30.1 Å². The molecule has 1 aliphatic rings. The second-order valence-electron chi connectivity index (χ2n) is 10.3. The maximum absolute atomic E-state index is 13.3. The van der Waals surface area contributed by atoms with Gasteiger partial charge in [0, 0.05) is 16.7 Å². The van der Waals surface area contributed by atoms with E-state index in [1.165, 1.54) is 11.8 Å². The van der Waals surface area contributed by atoms with Crippen LogP contribution in [0.5, 0.6) is 0 Å². The van der Waals surface area contributed by atoms with Crippen molar-refractivity contribution in [2.24, 2.45) is 5.92 Å². The van der Waals surface area contributed by atoms with Crippen LogP contribution >= 0.6 is 23.1 Å². The normalized spacial score (nSPS) is 21.5. The quantitative estimate of drug-likeness (QED) is 0.406. The summed E-state index contributed by atoms with van der Waals surface area (Å²) in [4.78, 5) is 31.9. The molecule has 3 rings (SSSR count). The fourth-order valence-corrected chi connectivity index (χ4v) is 6.24. The number of cyclic esters (lactones) is 1. The fraction of sp³-hybridized carbons (Fsp3) is 0.577. The van der Waals surface area contributed by atoms with Crippen LogP contribution in [-0.2, 0) is 32.8 Å². The van der Waals surface area contributed by atoms with Gasteiger partial charge in [0.2, 0.25) is 0 Å². The first kappa shape index (κ1) is 25.9. The smallest absolute Gasteiger partial charge is 0.327 e. The number of aryl methyl sites for hydroxylation is 3. The molecule has 2 heterocycles. The molecule has 0 spiro atoms. The standard InChI is InChI=1S/C26H35NO4S2/c1-15(2)26(9-8-19-14-32-17(4)27-19)12-21(29)23(24(30)31-26)33-22-10-16(3)18(13-28)11-20(22)25(5,6)7/h10-11,14-15,23,28H,8-9,12-13H2,1-7H3. The number of ketones is 1. The first-order valence-electron chi connectivity index (χ1n) is 11.4. The van der Waals surface area contributed by atoms with Crippen LogP contribution in [0.15, 0.2) is 22.4 Å². The number of carbonyl (C=O) groups excluding carboxylic acids is 2. The number of esters is 1. The average molecular weight is 490 g/mol. The molecule has 1 aromatic carbocycles. The number of thiazole rings is 1. The number of aliphatic hydroxyl groups is 1. The van der Waals surface area contributed by atoms with Crippen LogP contribution in [0.3, 0.4) is 0 Å². The molecule has 1 aliphatic heterocycles. The highest BCUT2D eigenvalue weighted by Gasteiger charge is 2.49. The van der Waals surface area contributed by atoms with Gasteiger partial charge in [-0.3, -0.25) is 9.59 Å². The molecule has 0 aliphatic carbocycles. The van der Waals surface area contributed by atoms with Gasteiger partial charge in [0.15, 0.2) is 11.0 Å². The minimum atomic E-state index is -0.876. The van der Waals surface area contributed by atoms with Gasteiger partial charge in [0.1, 0.15) is 5.60 Å². The third kappa shape index (κ3) is 5.69. The van der Waals surface area contributed by atoms with Crippen molar-refractivity contribution in [2.45, 2.75) is 95.5 Å². The molecule has 1 fully saturated rings. The van der Waals surface area contributed by atoms with Gasteiger partial charge < -0.3 is 9.84 Å². The van der Waals surface area contributed by atoms with Crippen LogP contribution in [-0.4, -0.2) is 32.7 Å². The number of carbonyl (C=O) groups is 2. The molecule has 0 bridgehead atoms. The van der Waals surface area contributed by atoms with Crippen molar-refractivity contribution in [3.63, 3.8) is 0 Å². The van der Waals surface area contributed by atoms with Gasteiger partial charge in [-0.05, 0) is 60.8 Å². The summed E-state index contributed by atoms with van der Waals surface area (Å²) in [5.41, 5.74) is 2.80. The summed E-state index contributed by atoms with van der Waals surface area (Å²) >= 11 is 2.88. The predicted molar refractivity (Wildman–Crippen MR) is 134 cm³/mol. The molecule has 5 nitrogen and oxygen atoms in total. The minimum absolute atomic E-state index is 0.0206. The van der Waals surface area contributed by atoms with E-state index in [9.17, 15) is 14.7 Å². The summed E-state index contributed by atoms with van der Waals surface area (Å²) in [5.74, 6) is -0.515. The molecule has 1 aromatic heterocycles. The van der Waals surface area contributed by atoms with Gasteiger partial charge in [0.05, 0.1) is 17.3 Å². The van der Waals surface area contributed by atoms with Crippen LogP contribution in [0.4, 0.5) is 0 Å². The second kappa shape index (κ2) is 9.88. The summed E-state index contributed by atoms with van der Waals surface area (Å²) in [6.07, 6.45) is 1.48. The summed E-state index contributed by atoms with van der Waals surface area (Å²) in [5, 5.41) is 11.9. The zero-order valence-electron chi connectivity index (χ0n) is 20.7. The number of thioether (sulfide) groups is 1. The van der Waals surface area contributed by atoms with E-state index in [0.717, 1.165) is 32.3 Å². The number of aromatic nitrogens is 1. The number of ether oxygens (including phenoxy) is 1. The van der Waals surface area contributed by atoms with Crippen LogP contribution in [0.2, 0.25) is 0 Å². The second-order valence-corrected chi connectivity index (χ2v) is 12.5. The highest BCUT2D eigenvalue weighted by molar-refractivity contribution is 8.01. The molecule has 0 radical (unpaired) electrons. The minimum Gasteiger partial charge on any atom is -0.457 e. The third-order valence-electron chi connectivity index (χ3n) is 6.47. The molecule has 0 amide bonds. The van der Waals surface area contributed by atoms with Crippen molar-refractivity contribution in [3.05, 3.63) is 44.9 Å². The Bertz CT molecular complexity index is 1020. The van der Waals surface area contributed by atoms with Gasteiger partial charge >= 0.3 is 5.97 Å². The van der Waals surface area contributed by atoms with E-state index in [1.807, 2.05) is 45.2 Å². The summed E-state index contributed by atoms with van der Waals surface area (Å²) in [6.45, 7) is 14.2. The first-order chi connectivity index (χ1) is 15.4. The molecule has 2 unspecified atom stereocenters. The zero-order chi connectivity index (χ0) is 24.6. The van der Waals surface area contributed by atoms with Gasteiger partial charge in [-0.15, -0.1) is 23.1 Å². The van der Waals surface area contributed by atoms with Crippen molar-refractivity contribution in [1.82, 2.24) is 4.98 Å². The Hall–Kier alpha value is -1.70. The fourth-order valence-electron chi connectivity index (χ4n) is 4.24. The number of benzene rings is 1. The van der Waals surface area contributed by atoms with Crippen LogP contribution in [0.25, 0.3) is 0 Å². The molecule has 180 valence electrons. The Morgan fingerprint density at radius 1 is 1.27 bits per heavy atom. The number of rotatable bonds is 7. The zero-order valence-corrected chi connectivity index (χ0v) is 22.3. The maximum Gasteiger partial charge on any atom is 0.327 e. The lowest BCUT2D eigenvalue weighted by molar-refractivity contribution is -0.176. The largest absolute Gasteiger partial charge is 0.457 e. The molecular formula is C26H35NO4S2. The van der Waals surface area contributed by atoms with E-state index < -0.39 is 16.8 Å². The number of Topliss-reactive ketones (excluding diaryl/α,β-unsaturated/α-hetero) is 1. The Morgan fingerprint density at radius 2 is 1.97 bits per heavy atom. The van der Waals surface area contributed by atoms with Crippen molar-refractivity contribution in [2.75, 3.05) is 0 Å². The molecule has 33 heavy (non-hydrogen) atoms. The summed E-state index contributed by atoms with van der Waals surface area (Å²) < 4.78 is 6.07. The topological polar surface area (TPSA) is 76.5 Å². The average Bonchev–Trinajstić information content (AvgIpc) is 3.13. The van der Waals surface area contributed by atoms with E-state index in [0.29, 0.717) is 12.8 Å². The molecule has 2 atom stereocenters. The Balaban J connectivity index is 1.84. The molecule has 1 N–H and O–H groups in total. The van der Waals surface area contributed by atoms with Crippen molar-refractivity contribution in [1.29, 1.82) is 0 Å². The molecule has 7 heteroatoms. The Morgan fingerprint density at radius 3 is 2.48 bits per heavy atom. The lowest BCUT2D eigenvalue weighted by Crippen LogP contribution is -2.52. The monoisotopic (exact) mass is 489 g/mol. The van der Waals surface area contributed by atoms with Gasteiger partial charge in [-0.1, -0.05) is 40.7 Å². The van der Waals surface area contributed by atoms with E-state index in [2.05, 4.69) is 25.8 Å². The highest BCUT2D eigenvalue weighted by Crippen LogP contribution is 2.42. The molecule has 0 saturated carbocycles. The van der Waals surface area contributed by atoms with Crippen molar-refractivity contribution >= 4 is 34.9 Å². The van der Waals surface area contributed by atoms with Gasteiger partial charge in [-0.2, -0.15) is 0 Å². The lowest BCUT2D eigenvalue weighted by atomic mass is 9.79. The van der Waals surface area contributed by atoms with Gasteiger partial charge in [0.25, 0.3) is 0 Å². The van der Waals surface area contributed by atoms with E-state index >= 15 is 0 Å². The molecule has 2 aromatic rings. The van der Waals surface area contributed by atoms with Crippen LogP contribution in [0, 0.1) is 19.8 Å². The number of aliphatic hydroxyl groups excluding tert-OH is 1. The lowest BCUT2D eigenvalue weighted by Gasteiger charge is -2.41. The number of hydrogen-bond donors (Lipinski definition) is 1.